The molecule has 4 rings (SSSR count). The first-order chi connectivity index (χ1) is 14.5. The molecule has 0 radical (unpaired) electrons. The molecule has 0 saturated carbocycles. The highest BCUT2D eigenvalue weighted by atomic mass is 35.5. The fraction of sp³-hybridized carbons (Fsp3) is 0.250. The van der Waals surface area contributed by atoms with Crippen molar-refractivity contribution >= 4 is 28.9 Å². The van der Waals surface area contributed by atoms with Gasteiger partial charge < -0.3 is 23.9 Å². The second-order valence-corrected chi connectivity index (χ2v) is 7.63. The predicted octanol–water partition coefficient (Wildman–Crippen LogP) is 3.68. The smallest absolute Gasteiger partial charge is 0.341 e. The van der Waals surface area contributed by atoms with E-state index in [1.807, 2.05) is 0 Å². The van der Waals surface area contributed by atoms with Crippen molar-refractivity contribution in [2.45, 2.75) is 12.6 Å². The van der Waals surface area contributed by atoms with Gasteiger partial charge in [0.2, 0.25) is 6.23 Å². The van der Waals surface area contributed by atoms with E-state index in [1.165, 1.54) is 23.6 Å². The average Bonchev–Trinajstić information content (AvgIpc) is 3.25. The Morgan fingerprint density at radius 1 is 1.37 bits per heavy atom. The third-order valence-electron chi connectivity index (χ3n) is 4.57. The number of benzene rings is 1. The van der Waals surface area contributed by atoms with Crippen LogP contribution in [-0.2, 0) is 4.74 Å². The summed E-state index contributed by atoms with van der Waals surface area (Å²) in [6, 6.07) is 4.59. The normalized spacial score (nSPS) is 14.5. The van der Waals surface area contributed by atoms with Gasteiger partial charge in [0.15, 0.2) is 5.43 Å². The number of methoxy groups -OCH3 is 1. The summed E-state index contributed by atoms with van der Waals surface area (Å²) in [6.07, 6.45) is 1.23. The molecular weight excluding hydrogens is 432 g/mol. The van der Waals surface area contributed by atoms with Crippen molar-refractivity contribution in [1.29, 1.82) is 0 Å². The molecule has 30 heavy (non-hydrogen) atoms. The maximum atomic E-state index is 12.4. The molecule has 0 bridgehead atoms. The van der Waals surface area contributed by atoms with Gasteiger partial charge in [0.1, 0.15) is 22.8 Å². The molecule has 0 saturated heterocycles. The molecule has 156 valence electrons. The van der Waals surface area contributed by atoms with Crippen molar-refractivity contribution in [1.82, 2.24) is 9.55 Å². The molecule has 1 N–H and O–H groups in total. The summed E-state index contributed by atoms with van der Waals surface area (Å²) in [7, 11) is 1.62. The van der Waals surface area contributed by atoms with E-state index in [4.69, 9.17) is 25.8 Å². The number of halogens is 1. The Bertz CT molecular complexity index is 1140. The number of ether oxygens (including phenoxy) is 3. The molecule has 0 fully saturated rings. The topological polar surface area (TPSA) is 99.9 Å². The van der Waals surface area contributed by atoms with Crippen LogP contribution in [0.3, 0.4) is 0 Å². The van der Waals surface area contributed by atoms with Crippen LogP contribution in [-0.4, -0.2) is 41.0 Å². The lowest BCUT2D eigenvalue weighted by atomic mass is 10.1. The van der Waals surface area contributed by atoms with Crippen LogP contribution in [0.2, 0.25) is 5.02 Å². The van der Waals surface area contributed by atoms with Crippen molar-refractivity contribution in [3.05, 3.63) is 61.8 Å². The predicted molar refractivity (Wildman–Crippen MR) is 111 cm³/mol. The monoisotopic (exact) mass is 448 g/mol. The van der Waals surface area contributed by atoms with E-state index in [0.29, 0.717) is 53.1 Å². The van der Waals surface area contributed by atoms with Gasteiger partial charge in [0.05, 0.1) is 22.8 Å². The number of carbonyl (C=O) groups is 1. The minimum atomic E-state index is -1.31. The number of hydrogen-bond acceptors (Lipinski definition) is 7. The van der Waals surface area contributed by atoms with Gasteiger partial charge in [0.25, 0.3) is 0 Å². The number of rotatable bonds is 7. The molecule has 1 atom stereocenters. The summed E-state index contributed by atoms with van der Waals surface area (Å²) in [5.41, 5.74) is 2.33. The SMILES string of the molecule is COCCCOc1cc2c(cc1Cl)-c1cc(=O)c(C(=O)O)cn1[C@H](c1cscn1)O2. The van der Waals surface area contributed by atoms with Gasteiger partial charge in [-0.3, -0.25) is 4.79 Å². The average molecular weight is 449 g/mol. The van der Waals surface area contributed by atoms with E-state index in [9.17, 15) is 14.7 Å². The first kappa shape index (κ1) is 20.4. The van der Waals surface area contributed by atoms with E-state index in [2.05, 4.69) is 4.98 Å². The Kier molecular flexibility index (Phi) is 5.76. The van der Waals surface area contributed by atoms with E-state index < -0.39 is 17.6 Å². The van der Waals surface area contributed by atoms with Crippen LogP contribution in [0.25, 0.3) is 11.3 Å². The summed E-state index contributed by atoms with van der Waals surface area (Å²) < 4.78 is 18.5. The molecule has 0 aliphatic carbocycles. The molecule has 8 nitrogen and oxygen atoms in total. The Morgan fingerprint density at radius 3 is 2.90 bits per heavy atom. The maximum absolute atomic E-state index is 12.4. The summed E-state index contributed by atoms with van der Waals surface area (Å²) in [6.45, 7) is 0.979. The fourth-order valence-electron chi connectivity index (χ4n) is 3.17. The molecule has 2 aromatic heterocycles. The van der Waals surface area contributed by atoms with Crippen LogP contribution in [0.1, 0.15) is 28.7 Å². The molecule has 1 aromatic carbocycles. The molecule has 1 aliphatic rings. The number of pyridine rings is 1. The van der Waals surface area contributed by atoms with Crippen LogP contribution in [0.15, 0.2) is 40.1 Å². The third-order valence-corrected chi connectivity index (χ3v) is 5.47. The first-order valence-corrected chi connectivity index (χ1v) is 10.3. The number of aromatic nitrogens is 2. The van der Waals surface area contributed by atoms with Crippen LogP contribution >= 0.6 is 22.9 Å². The maximum Gasteiger partial charge on any atom is 0.341 e. The van der Waals surface area contributed by atoms with Gasteiger partial charge >= 0.3 is 5.97 Å². The standard InChI is InChI=1S/C20H17ClN2O6S/c1-27-3-2-4-28-18-7-17-11(5-13(18)21)15-6-16(24)12(20(25)26)8-23(15)19(29-17)14-9-30-10-22-14/h5-10,19H,2-4H2,1H3,(H,25,26)/t19-/m0/s1. The zero-order chi connectivity index (χ0) is 21.3. The van der Waals surface area contributed by atoms with Crippen molar-refractivity contribution < 1.29 is 24.1 Å². The lowest BCUT2D eigenvalue weighted by Crippen LogP contribution is -2.28. The van der Waals surface area contributed by atoms with E-state index >= 15 is 0 Å². The largest absolute Gasteiger partial charge is 0.492 e. The molecular formula is C20H17ClN2O6S. The number of carboxylic acid groups (broad SMARTS) is 1. The molecule has 0 unspecified atom stereocenters. The van der Waals surface area contributed by atoms with Crippen LogP contribution in [0, 0.1) is 0 Å². The lowest BCUT2D eigenvalue weighted by molar-refractivity contribution is 0.0693. The van der Waals surface area contributed by atoms with Gasteiger partial charge in [-0.15, -0.1) is 11.3 Å². The zero-order valence-electron chi connectivity index (χ0n) is 15.8. The van der Waals surface area contributed by atoms with Crippen LogP contribution in [0.4, 0.5) is 0 Å². The highest BCUT2D eigenvalue weighted by molar-refractivity contribution is 7.07. The Labute approximate surface area is 180 Å². The highest BCUT2D eigenvalue weighted by Gasteiger charge is 2.30. The Balaban J connectivity index is 1.81. The van der Waals surface area contributed by atoms with Gasteiger partial charge in [0, 0.05) is 49.4 Å². The first-order valence-electron chi connectivity index (χ1n) is 8.99. The minimum Gasteiger partial charge on any atom is -0.492 e. The lowest BCUT2D eigenvalue weighted by Gasteiger charge is -2.31. The summed E-state index contributed by atoms with van der Waals surface area (Å²) >= 11 is 7.78. The molecule has 3 heterocycles. The zero-order valence-corrected chi connectivity index (χ0v) is 17.4. The van der Waals surface area contributed by atoms with Crippen LogP contribution < -0.4 is 14.9 Å². The Morgan fingerprint density at radius 2 is 2.20 bits per heavy atom. The van der Waals surface area contributed by atoms with Crippen molar-refractivity contribution in [2.24, 2.45) is 0 Å². The van der Waals surface area contributed by atoms with Gasteiger partial charge in [-0.25, -0.2) is 9.78 Å². The second-order valence-electron chi connectivity index (χ2n) is 6.51. The fourth-order valence-corrected chi connectivity index (χ4v) is 3.95. The van der Waals surface area contributed by atoms with Gasteiger partial charge in [-0.2, -0.15) is 0 Å². The van der Waals surface area contributed by atoms with E-state index in [0.717, 1.165) is 0 Å². The highest BCUT2D eigenvalue weighted by Crippen LogP contribution is 2.44. The van der Waals surface area contributed by atoms with Crippen molar-refractivity contribution in [3.63, 3.8) is 0 Å². The minimum absolute atomic E-state index is 0.350. The quantitative estimate of drug-likeness (QED) is 0.550. The van der Waals surface area contributed by atoms with Crippen molar-refractivity contribution in [2.75, 3.05) is 20.3 Å². The summed E-state index contributed by atoms with van der Waals surface area (Å²) in [5, 5.41) is 11.5. The number of fused-ring (bicyclic) bond motifs is 3. The number of hydrogen-bond donors (Lipinski definition) is 1. The van der Waals surface area contributed by atoms with E-state index in [-0.39, 0.29) is 5.56 Å². The molecule has 0 spiro atoms. The molecule has 1 aliphatic heterocycles. The second kappa shape index (κ2) is 8.47. The van der Waals surface area contributed by atoms with Gasteiger partial charge in [-0.1, -0.05) is 11.6 Å². The number of nitrogens with zero attached hydrogens (tertiary/aromatic N) is 2. The number of thiazole rings is 1. The van der Waals surface area contributed by atoms with Gasteiger partial charge in [-0.05, 0) is 6.07 Å². The van der Waals surface area contributed by atoms with E-state index in [1.54, 1.807) is 34.7 Å². The van der Waals surface area contributed by atoms with Crippen molar-refractivity contribution in [3.8, 4) is 22.8 Å². The Hall–Kier alpha value is -2.88. The number of carboxylic acids is 1. The molecule has 3 aromatic rings. The molecule has 10 heteroatoms. The molecule has 0 amide bonds. The summed E-state index contributed by atoms with van der Waals surface area (Å²) in [5.74, 6) is -0.404. The third kappa shape index (κ3) is 3.79. The summed E-state index contributed by atoms with van der Waals surface area (Å²) in [4.78, 5) is 28.1. The number of aromatic carboxylic acids is 1. The van der Waals surface area contributed by atoms with Crippen LogP contribution in [0.5, 0.6) is 11.5 Å².